The van der Waals surface area contributed by atoms with Crippen LogP contribution in [0.4, 0.5) is 0 Å². The first-order valence-corrected chi connectivity index (χ1v) is 10.2. The van der Waals surface area contributed by atoms with Crippen molar-refractivity contribution in [1.82, 2.24) is 9.88 Å². The molecule has 148 valence electrons. The largest absolute Gasteiger partial charge is 0.508 e. The zero-order chi connectivity index (χ0) is 20.4. The second kappa shape index (κ2) is 8.14. The first-order valence-electron chi connectivity index (χ1n) is 9.36. The fraction of sp³-hybridized carbons (Fsp3) is 0.381. The smallest absolute Gasteiger partial charge is 0.290 e. The topological polar surface area (TPSA) is 90.7 Å². The highest BCUT2D eigenvalue weighted by Crippen LogP contribution is 2.40. The molecule has 1 unspecified atom stereocenters. The standard InChI is InChI=1S/C21H24N2O4S/c1-4-5-6-10-23-17(14-8-7-9-15(24)11-14)16(19(26)21(23)27)18(25)20-12(2)22-13(3)28-20/h7-9,11,17,24,26H,4-6,10H2,1-3H3. The van der Waals surface area contributed by atoms with Gasteiger partial charge in [0.1, 0.15) is 5.75 Å². The van der Waals surface area contributed by atoms with Crippen molar-refractivity contribution in [2.24, 2.45) is 0 Å². The van der Waals surface area contributed by atoms with Gasteiger partial charge in [0, 0.05) is 6.54 Å². The maximum Gasteiger partial charge on any atom is 0.290 e. The van der Waals surface area contributed by atoms with Crippen LogP contribution < -0.4 is 0 Å². The third-order valence-corrected chi connectivity index (χ3v) is 5.92. The van der Waals surface area contributed by atoms with Gasteiger partial charge in [0.25, 0.3) is 5.91 Å². The van der Waals surface area contributed by atoms with Crippen LogP contribution in [0.1, 0.15) is 58.2 Å². The number of aryl methyl sites for hydroxylation is 2. The monoisotopic (exact) mass is 400 g/mol. The van der Waals surface area contributed by atoms with Crippen LogP contribution in [0.5, 0.6) is 5.75 Å². The minimum atomic E-state index is -0.731. The molecule has 0 spiro atoms. The number of carbonyl (C=O) groups excluding carboxylic acids is 2. The molecular formula is C21H24N2O4S. The first kappa shape index (κ1) is 20.1. The maximum atomic E-state index is 13.3. The van der Waals surface area contributed by atoms with Crippen molar-refractivity contribution in [2.45, 2.75) is 46.1 Å². The van der Waals surface area contributed by atoms with Crippen molar-refractivity contribution in [1.29, 1.82) is 0 Å². The maximum absolute atomic E-state index is 13.3. The zero-order valence-corrected chi connectivity index (χ0v) is 17.0. The highest BCUT2D eigenvalue weighted by atomic mass is 32.1. The summed E-state index contributed by atoms with van der Waals surface area (Å²) >= 11 is 1.25. The number of aromatic hydroxyl groups is 1. The van der Waals surface area contributed by atoms with Crippen molar-refractivity contribution in [3.8, 4) is 5.75 Å². The number of amides is 1. The summed E-state index contributed by atoms with van der Waals surface area (Å²) in [4.78, 5) is 32.3. The number of unbranched alkanes of at least 4 members (excludes halogenated alkanes) is 2. The molecule has 28 heavy (non-hydrogen) atoms. The Hall–Kier alpha value is -2.67. The Labute approximate surface area is 168 Å². The van der Waals surface area contributed by atoms with E-state index in [-0.39, 0.29) is 17.1 Å². The molecule has 0 bridgehead atoms. The van der Waals surface area contributed by atoms with Gasteiger partial charge in [-0.05, 0) is 38.0 Å². The number of thiazole rings is 1. The summed E-state index contributed by atoms with van der Waals surface area (Å²) in [6.07, 6.45) is 2.70. The Balaban J connectivity index is 2.07. The van der Waals surface area contributed by atoms with E-state index in [2.05, 4.69) is 11.9 Å². The van der Waals surface area contributed by atoms with Gasteiger partial charge in [-0.1, -0.05) is 31.9 Å². The number of ketones is 1. The number of aliphatic hydroxyl groups is 1. The number of aromatic nitrogens is 1. The normalized spacial score (nSPS) is 16.9. The van der Waals surface area contributed by atoms with Gasteiger partial charge in [-0.15, -0.1) is 11.3 Å². The van der Waals surface area contributed by atoms with Crippen LogP contribution in [0.3, 0.4) is 0 Å². The minimum absolute atomic E-state index is 0.0430. The lowest BCUT2D eigenvalue weighted by Gasteiger charge is -2.27. The van der Waals surface area contributed by atoms with Crippen LogP contribution in [0, 0.1) is 13.8 Å². The second-order valence-corrected chi connectivity index (χ2v) is 8.15. The average molecular weight is 401 g/mol. The highest BCUT2D eigenvalue weighted by Gasteiger charge is 2.44. The summed E-state index contributed by atoms with van der Waals surface area (Å²) in [6, 6.07) is 5.75. The van der Waals surface area contributed by atoms with Crippen LogP contribution in [0.15, 0.2) is 35.6 Å². The number of hydrogen-bond donors (Lipinski definition) is 2. The number of rotatable bonds is 7. The summed E-state index contributed by atoms with van der Waals surface area (Å²) in [7, 11) is 0. The van der Waals surface area contributed by atoms with E-state index in [1.165, 1.54) is 28.4 Å². The molecular weight excluding hydrogens is 376 g/mol. The molecule has 2 N–H and O–H groups in total. The van der Waals surface area contributed by atoms with Crippen LogP contribution in [-0.4, -0.2) is 38.3 Å². The van der Waals surface area contributed by atoms with Crippen molar-refractivity contribution in [3.05, 3.63) is 56.7 Å². The van der Waals surface area contributed by atoms with E-state index in [0.717, 1.165) is 24.3 Å². The first-order chi connectivity index (χ1) is 13.3. The summed E-state index contributed by atoms with van der Waals surface area (Å²) in [5.74, 6) is -1.41. The van der Waals surface area contributed by atoms with Crippen molar-refractivity contribution < 1.29 is 19.8 Å². The number of phenols is 1. The SMILES string of the molecule is CCCCCN1C(=O)C(O)=C(C(=O)c2sc(C)nc2C)C1c1cccc(O)c1. The summed E-state index contributed by atoms with van der Waals surface area (Å²) in [5.41, 5.74) is 1.23. The molecule has 2 heterocycles. The molecule has 0 saturated carbocycles. The van der Waals surface area contributed by atoms with Crippen molar-refractivity contribution >= 4 is 23.0 Å². The molecule has 1 aliphatic rings. The minimum Gasteiger partial charge on any atom is -0.508 e. The van der Waals surface area contributed by atoms with Gasteiger partial charge in [-0.3, -0.25) is 9.59 Å². The predicted octanol–water partition coefficient (Wildman–Crippen LogP) is 4.23. The van der Waals surface area contributed by atoms with E-state index in [4.69, 9.17) is 0 Å². The molecule has 7 heteroatoms. The number of aliphatic hydroxyl groups excluding tert-OH is 1. The number of benzene rings is 1. The molecule has 1 amide bonds. The van der Waals surface area contributed by atoms with Gasteiger partial charge in [0.2, 0.25) is 5.78 Å². The molecule has 0 aliphatic carbocycles. The lowest BCUT2D eigenvalue weighted by Crippen LogP contribution is -2.32. The average Bonchev–Trinajstić information content (AvgIpc) is 3.12. The van der Waals surface area contributed by atoms with Crippen LogP contribution in [-0.2, 0) is 4.79 Å². The molecule has 6 nitrogen and oxygen atoms in total. The molecule has 1 aromatic carbocycles. The molecule has 0 radical (unpaired) electrons. The van der Waals surface area contributed by atoms with Gasteiger partial charge < -0.3 is 15.1 Å². The Morgan fingerprint density at radius 1 is 1.25 bits per heavy atom. The van der Waals surface area contributed by atoms with Crippen molar-refractivity contribution in [2.75, 3.05) is 6.54 Å². The fourth-order valence-electron chi connectivity index (χ4n) is 3.55. The molecule has 1 aromatic heterocycles. The van der Waals surface area contributed by atoms with E-state index in [1.807, 2.05) is 6.92 Å². The van der Waals surface area contributed by atoms with Crippen LogP contribution >= 0.6 is 11.3 Å². The van der Waals surface area contributed by atoms with Gasteiger partial charge >= 0.3 is 0 Å². The zero-order valence-electron chi connectivity index (χ0n) is 16.2. The molecule has 1 atom stereocenters. The molecule has 3 rings (SSSR count). The number of nitrogens with zero attached hydrogens (tertiary/aromatic N) is 2. The molecule has 0 fully saturated rings. The quantitative estimate of drug-likeness (QED) is 0.536. The molecule has 1 aliphatic heterocycles. The molecule has 2 aromatic rings. The number of phenolic OH excluding ortho intramolecular Hbond substituents is 1. The Morgan fingerprint density at radius 2 is 2.00 bits per heavy atom. The summed E-state index contributed by atoms with van der Waals surface area (Å²) in [5, 5.41) is 21.3. The van der Waals surface area contributed by atoms with Gasteiger partial charge in [0.05, 0.1) is 27.2 Å². The number of hydrogen-bond acceptors (Lipinski definition) is 6. The van der Waals surface area contributed by atoms with Gasteiger partial charge in [-0.2, -0.15) is 0 Å². The fourth-order valence-corrected chi connectivity index (χ4v) is 4.43. The lowest BCUT2D eigenvalue weighted by molar-refractivity contribution is -0.129. The van der Waals surface area contributed by atoms with Crippen LogP contribution in [0.2, 0.25) is 0 Å². The predicted molar refractivity (Wildman–Crippen MR) is 108 cm³/mol. The third kappa shape index (κ3) is 3.67. The highest BCUT2D eigenvalue weighted by molar-refractivity contribution is 7.14. The van der Waals surface area contributed by atoms with E-state index in [0.29, 0.717) is 22.7 Å². The Kier molecular flexibility index (Phi) is 5.84. The second-order valence-electron chi connectivity index (χ2n) is 6.94. The summed E-state index contributed by atoms with van der Waals surface area (Å²) < 4.78 is 0. The Bertz CT molecular complexity index is 948. The lowest BCUT2D eigenvalue weighted by atomic mass is 9.94. The van der Waals surface area contributed by atoms with Crippen molar-refractivity contribution in [3.63, 3.8) is 0 Å². The van der Waals surface area contributed by atoms with E-state index >= 15 is 0 Å². The number of carbonyl (C=O) groups is 2. The van der Waals surface area contributed by atoms with E-state index < -0.39 is 17.7 Å². The van der Waals surface area contributed by atoms with Crippen LogP contribution in [0.25, 0.3) is 0 Å². The van der Waals surface area contributed by atoms with Gasteiger partial charge in [-0.25, -0.2) is 4.98 Å². The van der Waals surface area contributed by atoms with E-state index in [1.54, 1.807) is 19.1 Å². The molecule has 0 saturated heterocycles. The summed E-state index contributed by atoms with van der Waals surface area (Å²) in [6.45, 7) is 6.05. The third-order valence-electron chi connectivity index (χ3n) is 4.85. The van der Waals surface area contributed by atoms with E-state index in [9.17, 15) is 19.8 Å². The van der Waals surface area contributed by atoms with Gasteiger partial charge in [0.15, 0.2) is 5.76 Å². The Morgan fingerprint density at radius 3 is 2.61 bits per heavy atom. The number of Topliss-reactive ketones (excluding diaryl/α,β-unsaturated/α-hetero) is 1.